The van der Waals surface area contributed by atoms with E-state index in [1.54, 1.807) is 0 Å². The van der Waals surface area contributed by atoms with E-state index in [0.29, 0.717) is 12.1 Å². The van der Waals surface area contributed by atoms with Crippen LogP contribution in [0.4, 0.5) is 0 Å². The third-order valence-electron chi connectivity index (χ3n) is 3.77. The Kier molecular flexibility index (Phi) is 7.01. The minimum absolute atomic E-state index is 0. The number of nitrogens with one attached hydrogen (secondary N) is 1. The zero-order valence-corrected chi connectivity index (χ0v) is 14.2. The highest BCUT2D eigenvalue weighted by molar-refractivity contribution is 6.33. The molecule has 2 aromatic rings. The maximum atomic E-state index is 6.29. The van der Waals surface area contributed by atoms with E-state index in [0.717, 1.165) is 35.8 Å². The average molecular weight is 349 g/mol. The average Bonchev–Trinajstić information content (AvgIpc) is 2.88. The van der Waals surface area contributed by atoms with E-state index in [2.05, 4.69) is 28.0 Å². The summed E-state index contributed by atoms with van der Waals surface area (Å²) in [6.45, 7) is 3.30. The van der Waals surface area contributed by atoms with Crippen molar-refractivity contribution in [2.24, 2.45) is 0 Å². The molecule has 2 atom stereocenters. The third kappa shape index (κ3) is 3.92. The maximum Gasteiger partial charge on any atom is 0.141 e. The number of halogens is 3. The molecule has 0 bridgehead atoms. The highest BCUT2D eigenvalue weighted by atomic mass is 35.5. The van der Waals surface area contributed by atoms with Crippen LogP contribution in [0.15, 0.2) is 36.7 Å². The van der Waals surface area contributed by atoms with Crippen LogP contribution in [0.3, 0.4) is 0 Å². The summed E-state index contributed by atoms with van der Waals surface area (Å²) >= 11 is 6.29. The Balaban J connectivity index is 0.00000110. The number of aromatic nitrogens is 2. The van der Waals surface area contributed by atoms with Crippen LogP contribution < -0.4 is 5.32 Å². The number of rotatable bonds is 2. The van der Waals surface area contributed by atoms with Gasteiger partial charge >= 0.3 is 0 Å². The fraction of sp³-hybridized carbons (Fsp3) is 0.400. The van der Waals surface area contributed by atoms with Gasteiger partial charge in [0, 0.05) is 30.0 Å². The van der Waals surface area contributed by atoms with E-state index in [1.165, 1.54) is 0 Å². The first kappa shape index (κ1) is 18.3. The summed E-state index contributed by atoms with van der Waals surface area (Å²) in [4.78, 5) is 4.51. The number of hydrogen-bond donors (Lipinski definition) is 1. The van der Waals surface area contributed by atoms with Crippen LogP contribution in [-0.4, -0.2) is 22.1 Å². The molecule has 116 valence electrons. The molecule has 1 aliphatic rings. The van der Waals surface area contributed by atoms with Crippen molar-refractivity contribution in [3.8, 4) is 11.4 Å². The van der Waals surface area contributed by atoms with Crippen molar-refractivity contribution in [2.75, 3.05) is 6.54 Å². The van der Waals surface area contributed by atoms with Crippen molar-refractivity contribution in [2.45, 2.75) is 31.8 Å². The van der Waals surface area contributed by atoms with Gasteiger partial charge in [0.2, 0.25) is 0 Å². The van der Waals surface area contributed by atoms with E-state index < -0.39 is 0 Å². The molecular weight excluding hydrogens is 329 g/mol. The fourth-order valence-electron chi connectivity index (χ4n) is 2.82. The van der Waals surface area contributed by atoms with Crippen LogP contribution in [0.5, 0.6) is 0 Å². The molecule has 3 rings (SSSR count). The second-order valence-electron chi connectivity index (χ2n) is 5.17. The first-order chi connectivity index (χ1) is 9.25. The van der Waals surface area contributed by atoms with Crippen LogP contribution in [0.1, 0.15) is 25.8 Å². The number of benzene rings is 1. The summed E-state index contributed by atoms with van der Waals surface area (Å²) in [6.07, 6.45) is 6.21. The van der Waals surface area contributed by atoms with Crippen molar-refractivity contribution < 1.29 is 0 Å². The largest absolute Gasteiger partial charge is 0.328 e. The zero-order valence-electron chi connectivity index (χ0n) is 11.8. The highest BCUT2D eigenvalue weighted by Gasteiger charge is 2.22. The third-order valence-corrected chi connectivity index (χ3v) is 4.10. The Morgan fingerprint density at radius 1 is 1.29 bits per heavy atom. The molecule has 1 aromatic heterocycles. The lowest BCUT2D eigenvalue weighted by Crippen LogP contribution is -2.36. The van der Waals surface area contributed by atoms with Gasteiger partial charge in [0.25, 0.3) is 0 Å². The van der Waals surface area contributed by atoms with Gasteiger partial charge in [-0.15, -0.1) is 24.8 Å². The highest BCUT2D eigenvalue weighted by Crippen LogP contribution is 2.31. The predicted octanol–water partition coefficient (Wildman–Crippen LogP) is 4.36. The Bertz CT molecular complexity index is 571. The lowest BCUT2D eigenvalue weighted by atomic mass is 10.00. The summed E-state index contributed by atoms with van der Waals surface area (Å²) in [6, 6.07) is 8.97. The predicted molar refractivity (Wildman–Crippen MR) is 92.9 cm³/mol. The number of imidazole rings is 1. The van der Waals surface area contributed by atoms with Crippen molar-refractivity contribution in [1.82, 2.24) is 14.9 Å². The molecule has 1 aromatic carbocycles. The smallest absolute Gasteiger partial charge is 0.141 e. The Labute approximate surface area is 142 Å². The summed E-state index contributed by atoms with van der Waals surface area (Å²) in [5, 5.41) is 4.25. The van der Waals surface area contributed by atoms with Gasteiger partial charge < -0.3 is 9.88 Å². The molecule has 0 radical (unpaired) electrons. The Morgan fingerprint density at radius 2 is 2.05 bits per heavy atom. The van der Waals surface area contributed by atoms with Crippen molar-refractivity contribution >= 4 is 36.4 Å². The molecule has 1 saturated heterocycles. The number of hydrogen-bond acceptors (Lipinski definition) is 2. The van der Waals surface area contributed by atoms with Gasteiger partial charge in [-0.3, -0.25) is 0 Å². The van der Waals surface area contributed by atoms with Crippen molar-refractivity contribution in [3.05, 3.63) is 41.7 Å². The maximum absolute atomic E-state index is 6.29. The first-order valence-electron chi connectivity index (χ1n) is 6.77. The lowest BCUT2D eigenvalue weighted by Gasteiger charge is -2.30. The summed E-state index contributed by atoms with van der Waals surface area (Å²) in [5.41, 5.74) is 1.01. The topological polar surface area (TPSA) is 29.9 Å². The van der Waals surface area contributed by atoms with Gasteiger partial charge in [0.05, 0.1) is 5.02 Å². The number of piperidine rings is 1. The van der Waals surface area contributed by atoms with Gasteiger partial charge in [0.1, 0.15) is 5.82 Å². The molecular formula is C15H20Cl3N3. The zero-order chi connectivity index (χ0) is 13.2. The molecule has 0 aliphatic carbocycles. The second kappa shape index (κ2) is 8.04. The van der Waals surface area contributed by atoms with Gasteiger partial charge in [0.15, 0.2) is 0 Å². The summed E-state index contributed by atoms with van der Waals surface area (Å²) < 4.78 is 2.28. The quantitative estimate of drug-likeness (QED) is 0.874. The molecule has 0 unspecified atom stereocenters. The molecule has 1 fully saturated rings. The van der Waals surface area contributed by atoms with Gasteiger partial charge in [-0.2, -0.15) is 0 Å². The fourth-order valence-corrected chi connectivity index (χ4v) is 3.04. The monoisotopic (exact) mass is 347 g/mol. The van der Waals surface area contributed by atoms with Crippen LogP contribution >= 0.6 is 36.4 Å². The van der Waals surface area contributed by atoms with Crippen molar-refractivity contribution in [3.63, 3.8) is 0 Å². The van der Waals surface area contributed by atoms with Crippen LogP contribution in [0.2, 0.25) is 5.02 Å². The SMILES string of the molecule is C[C@H]1C[C@H](n2ccnc2-c2ccccc2Cl)CCN1.Cl.Cl. The molecule has 1 aliphatic heterocycles. The number of nitrogens with zero attached hydrogens (tertiary/aromatic N) is 2. The molecule has 3 nitrogen and oxygen atoms in total. The minimum atomic E-state index is 0. The van der Waals surface area contributed by atoms with Gasteiger partial charge in [-0.05, 0) is 38.4 Å². The van der Waals surface area contributed by atoms with Gasteiger partial charge in [-0.25, -0.2) is 4.98 Å². The van der Waals surface area contributed by atoms with Crippen LogP contribution in [0, 0.1) is 0 Å². The van der Waals surface area contributed by atoms with Crippen LogP contribution in [-0.2, 0) is 0 Å². The first-order valence-corrected chi connectivity index (χ1v) is 7.14. The Hall–Kier alpha value is -0.740. The molecule has 21 heavy (non-hydrogen) atoms. The minimum Gasteiger partial charge on any atom is -0.328 e. The second-order valence-corrected chi connectivity index (χ2v) is 5.58. The molecule has 6 heteroatoms. The van der Waals surface area contributed by atoms with E-state index in [-0.39, 0.29) is 24.8 Å². The lowest BCUT2D eigenvalue weighted by molar-refractivity contribution is 0.315. The Morgan fingerprint density at radius 3 is 2.76 bits per heavy atom. The van der Waals surface area contributed by atoms with Crippen LogP contribution in [0.25, 0.3) is 11.4 Å². The van der Waals surface area contributed by atoms with E-state index in [1.807, 2.05) is 30.5 Å². The van der Waals surface area contributed by atoms with Crippen molar-refractivity contribution in [1.29, 1.82) is 0 Å². The molecule has 0 saturated carbocycles. The van der Waals surface area contributed by atoms with E-state index >= 15 is 0 Å². The molecule has 0 spiro atoms. The summed E-state index contributed by atoms with van der Waals surface area (Å²) in [5.74, 6) is 0.977. The van der Waals surface area contributed by atoms with E-state index in [9.17, 15) is 0 Å². The normalized spacial score (nSPS) is 21.2. The van der Waals surface area contributed by atoms with E-state index in [4.69, 9.17) is 11.6 Å². The molecule has 0 amide bonds. The molecule has 1 N–H and O–H groups in total. The standard InChI is InChI=1S/C15H18ClN3.2ClH/c1-11-10-12(6-7-17-11)19-9-8-18-15(19)13-4-2-3-5-14(13)16;;/h2-5,8-9,11-12,17H,6-7,10H2,1H3;2*1H/t11-,12+;;/m0../s1. The summed E-state index contributed by atoms with van der Waals surface area (Å²) in [7, 11) is 0. The molecule has 2 heterocycles. The van der Waals surface area contributed by atoms with Gasteiger partial charge in [-0.1, -0.05) is 23.7 Å².